The Balaban J connectivity index is 2.05. The van der Waals surface area contributed by atoms with Gasteiger partial charge < -0.3 is 15.8 Å². The molecule has 0 spiro atoms. The first-order chi connectivity index (χ1) is 10.1. The van der Waals surface area contributed by atoms with E-state index in [2.05, 4.69) is 5.32 Å². The Morgan fingerprint density at radius 2 is 1.95 bits per heavy atom. The fourth-order valence-corrected chi connectivity index (χ4v) is 1.88. The highest BCUT2D eigenvalue weighted by molar-refractivity contribution is 6.04. The molecule has 0 aliphatic rings. The van der Waals surface area contributed by atoms with Gasteiger partial charge in [0.05, 0.1) is 0 Å². The second-order valence-electron chi connectivity index (χ2n) is 4.63. The molecular weight excluding hydrogens is 271 g/mol. The lowest BCUT2D eigenvalue weighted by Gasteiger charge is -2.08. The Kier molecular flexibility index (Phi) is 4.90. The van der Waals surface area contributed by atoms with E-state index in [1.165, 1.54) is 12.1 Å². The number of amides is 1. The van der Waals surface area contributed by atoms with E-state index in [1.54, 1.807) is 37.3 Å². The van der Waals surface area contributed by atoms with Crippen molar-refractivity contribution < 1.29 is 13.9 Å². The van der Waals surface area contributed by atoms with E-state index in [0.29, 0.717) is 30.2 Å². The molecule has 5 heteroatoms. The summed E-state index contributed by atoms with van der Waals surface area (Å²) >= 11 is 0. The molecule has 0 saturated heterocycles. The van der Waals surface area contributed by atoms with Crippen molar-refractivity contribution in [2.75, 3.05) is 18.5 Å². The number of hydrogen-bond donors (Lipinski definition) is 2. The number of halogens is 1. The third kappa shape index (κ3) is 4.29. The van der Waals surface area contributed by atoms with Crippen molar-refractivity contribution in [2.45, 2.75) is 6.92 Å². The maximum atomic E-state index is 13.3. The molecule has 21 heavy (non-hydrogen) atoms. The fourth-order valence-electron chi connectivity index (χ4n) is 1.88. The molecule has 2 aromatic carbocycles. The van der Waals surface area contributed by atoms with Crippen LogP contribution in [0.25, 0.3) is 0 Å². The van der Waals surface area contributed by atoms with E-state index in [-0.39, 0.29) is 11.5 Å². The molecule has 1 amide bonds. The minimum atomic E-state index is -0.425. The van der Waals surface area contributed by atoms with Crippen LogP contribution >= 0.6 is 0 Å². The molecule has 0 aliphatic heterocycles. The van der Waals surface area contributed by atoms with Gasteiger partial charge >= 0.3 is 0 Å². The second kappa shape index (κ2) is 6.85. The van der Waals surface area contributed by atoms with E-state index in [0.717, 1.165) is 0 Å². The van der Waals surface area contributed by atoms with Crippen molar-refractivity contribution in [1.82, 2.24) is 0 Å². The molecule has 3 N–H and O–H groups in total. The maximum absolute atomic E-state index is 13.3. The van der Waals surface area contributed by atoms with Crippen LogP contribution in [-0.4, -0.2) is 19.1 Å². The Bertz CT molecular complexity index is 606. The molecule has 0 aliphatic carbocycles. The standard InChI is InChI=1S/C16H17FN2O2/c1-11-8-12(10-13(17)9-11)16(20)19-14-2-4-15(5-3-14)21-7-6-18/h2-5,8-10H,6-7,18H2,1H3,(H,19,20). The normalized spacial score (nSPS) is 10.2. The van der Waals surface area contributed by atoms with Gasteiger partial charge in [-0.3, -0.25) is 4.79 Å². The van der Waals surface area contributed by atoms with Crippen LogP contribution in [0, 0.1) is 12.7 Å². The fraction of sp³-hybridized carbons (Fsp3) is 0.188. The van der Waals surface area contributed by atoms with Crippen LogP contribution in [0.5, 0.6) is 5.75 Å². The molecule has 0 saturated carbocycles. The average molecular weight is 288 g/mol. The zero-order valence-electron chi connectivity index (χ0n) is 11.7. The van der Waals surface area contributed by atoms with Gasteiger partial charge in [0.25, 0.3) is 5.91 Å². The summed E-state index contributed by atoms with van der Waals surface area (Å²) in [6, 6.07) is 11.1. The van der Waals surface area contributed by atoms with Gasteiger partial charge in [-0.05, 0) is 55.0 Å². The molecule has 0 radical (unpaired) electrons. The molecule has 2 rings (SSSR count). The highest BCUT2D eigenvalue weighted by Crippen LogP contribution is 2.17. The first-order valence-electron chi connectivity index (χ1n) is 6.60. The molecule has 0 atom stereocenters. The van der Waals surface area contributed by atoms with Gasteiger partial charge in [-0.15, -0.1) is 0 Å². The smallest absolute Gasteiger partial charge is 0.255 e. The van der Waals surface area contributed by atoms with Gasteiger partial charge in [0, 0.05) is 17.8 Å². The number of nitrogens with two attached hydrogens (primary N) is 1. The summed E-state index contributed by atoms with van der Waals surface area (Å²) < 4.78 is 18.6. The first-order valence-corrected chi connectivity index (χ1v) is 6.60. The lowest BCUT2D eigenvalue weighted by atomic mass is 10.1. The Labute approximate surface area is 122 Å². The minimum absolute atomic E-state index is 0.288. The van der Waals surface area contributed by atoms with Crippen molar-refractivity contribution in [2.24, 2.45) is 5.73 Å². The monoisotopic (exact) mass is 288 g/mol. The summed E-state index contributed by atoms with van der Waals surface area (Å²) in [5.74, 6) is -0.0982. The third-order valence-corrected chi connectivity index (χ3v) is 2.80. The van der Waals surface area contributed by atoms with E-state index in [9.17, 15) is 9.18 Å². The van der Waals surface area contributed by atoms with Crippen LogP contribution in [0.3, 0.4) is 0 Å². The number of hydrogen-bond acceptors (Lipinski definition) is 3. The number of aryl methyl sites for hydroxylation is 1. The highest BCUT2D eigenvalue weighted by Gasteiger charge is 2.08. The van der Waals surface area contributed by atoms with E-state index < -0.39 is 5.82 Å². The summed E-state index contributed by atoms with van der Waals surface area (Å²) in [6.45, 7) is 2.62. The predicted molar refractivity (Wildman–Crippen MR) is 80.1 cm³/mol. The number of ether oxygens (including phenoxy) is 1. The summed E-state index contributed by atoms with van der Waals surface area (Å²) in [7, 11) is 0. The molecule has 4 nitrogen and oxygen atoms in total. The molecular formula is C16H17FN2O2. The lowest BCUT2D eigenvalue weighted by molar-refractivity contribution is 0.102. The van der Waals surface area contributed by atoms with Gasteiger partial charge in [-0.25, -0.2) is 4.39 Å². The van der Waals surface area contributed by atoms with Gasteiger partial charge in [-0.2, -0.15) is 0 Å². The molecule has 0 fully saturated rings. The summed E-state index contributed by atoms with van der Waals surface area (Å²) in [4.78, 5) is 12.0. The van der Waals surface area contributed by atoms with E-state index in [1.807, 2.05) is 0 Å². The lowest BCUT2D eigenvalue weighted by Crippen LogP contribution is -2.13. The predicted octanol–water partition coefficient (Wildman–Crippen LogP) is 2.72. The van der Waals surface area contributed by atoms with Crippen LogP contribution in [0.2, 0.25) is 0 Å². The largest absolute Gasteiger partial charge is 0.492 e. The van der Waals surface area contributed by atoms with E-state index in [4.69, 9.17) is 10.5 Å². The van der Waals surface area contributed by atoms with Gasteiger partial charge in [0.1, 0.15) is 18.2 Å². The molecule has 110 valence electrons. The second-order valence-corrected chi connectivity index (χ2v) is 4.63. The van der Waals surface area contributed by atoms with E-state index >= 15 is 0 Å². The SMILES string of the molecule is Cc1cc(F)cc(C(=O)Nc2ccc(OCCN)cc2)c1. The topological polar surface area (TPSA) is 64.3 Å². The molecule has 0 aromatic heterocycles. The van der Waals surface area contributed by atoms with Gasteiger partial charge in [-0.1, -0.05) is 0 Å². The quantitative estimate of drug-likeness (QED) is 0.889. The molecule has 2 aromatic rings. The summed E-state index contributed by atoms with van der Waals surface area (Å²) in [5, 5.41) is 2.71. The zero-order chi connectivity index (χ0) is 15.2. The average Bonchev–Trinajstić information content (AvgIpc) is 2.45. The first kappa shape index (κ1) is 15.0. The number of nitrogens with one attached hydrogen (secondary N) is 1. The summed E-state index contributed by atoms with van der Waals surface area (Å²) in [5.41, 5.74) is 6.95. The Morgan fingerprint density at radius 1 is 1.24 bits per heavy atom. The number of rotatable bonds is 5. The van der Waals surface area contributed by atoms with Crippen LogP contribution in [0.15, 0.2) is 42.5 Å². The van der Waals surface area contributed by atoms with Crippen LogP contribution < -0.4 is 15.8 Å². The number of anilines is 1. The van der Waals surface area contributed by atoms with Crippen molar-refractivity contribution in [3.63, 3.8) is 0 Å². The van der Waals surface area contributed by atoms with Crippen molar-refractivity contribution in [3.05, 3.63) is 59.4 Å². The van der Waals surface area contributed by atoms with Crippen molar-refractivity contribution in [1.29, 1.82) is 0 Å². The van der Waals surface area contributed by atoms with Gasteiger partial charge in [0.15, 0.2) is 0 Å². The maximum Gasteiger partial charge on any atom is 0.255 e. The Morgan fingerprint density at radius 3 is 2.57 bits per heavy atom. The van der Waals surface area contributed by atoms with Gasteiger partial charge in [0.2, 0.25) is 0 Å². The van der Waals surface area contributed by atoms with Crippen LogP contribution in [-0.2, 0) is 0 Å². The molecule has 0 bridgehead atoms. The minimum Gasteiger partial charge on any atom is -0.492 e. The molecule has 0 unspecified atom stereocenters. The Hall–Kier alpha value is -2.40. The number of carbonyl (C=O) groups is 1. The number of benzene rings is 2. The van der Waals surface area contributed by atoms with Crippen LogP contribution in [0.4, 0.5) is 10.1 Å². The molecule has 0 heterocycles. The van der Waals surface area contributed by atoms with Crippen molar-refractivity contribution >= 4 is 11.6 Å². The third-order valence-electron chi connectivity index (χ3n) is 2.80. The summed E-state index contributed by atoms with van der Waals surface area (Å²) in [6.07, 6.45) is 0. The van der Waals surface area contributed by atoms with Crippen LogP contribution in [0.1, 0.15) is 15.9 Å². The number of carbonyl (C=O) groups excluding carboxylic acids is 1. The highest BCUT2D eigenvalue weighted by atomic mass is 19.1. The van der Waals surface area contributed by atoms with Crippen molar-refractivity contribution in [3.8, 4) is 5.75 Å². The zero-order valence-corrected chi connectivity index (χ0v) is 11.7.